The Morgan fingerprint density at radius 1 is 1.33 bits per heavy atom. The van der Waals surface area contributed by atoms with Crippen molar-refractivity contribution in [1.29, 1.82) is 0 Å². The standard InChI is InChI=1S/C14H14FN3O2S/c1-2-17-7-6-11(19)18(14(17)20)8-9-4-3-5-10(12(9)15)13(16)21/h3-7H,2,8H2,1H3,(H2,16,21). The molecule has 0 saturated carbocycles. The number of thiocarbonyl (C=S) groups is 1. The Balaban J connectivity index is 2.54. The third-order valence-electron chi connectivity index (χ3n) is 3.15. The van der Waals surface area contributed by atoms with Crippen LogP contribution in [-0.4, -0.2) is 14.1 Å². The summed E-state index contributed by atoms with van der Waals surface area (Å²) in [5.41, 5.74) is 4.76. The van der Waals surface area contributed by atoms with E-state index in [0.29, 0.717) is 6.54 Å². The molecule has 1 heterocycles. The Morgan fingerprint density at radius 2 is 2.05 bits per heavy atom. The lowest BCUT2D eigenvalue weighted by atomic mass is 10.1. The normalized spacial score (nSPS) is 10.6. The van der Waals surface area contributed by atoms with Crippen molar-refractivity contribution in [3.63, 3.8) is 0 Å². The van der Waals surface area contributed by atoms with Gasteiger partial charge in [0, 0.05) is 29.9 Å². The van der Waals surface area contributed by atoms with E-state index in [0.717, 1.165) is 4.57 Å². The molecule has 2 rings (SSSR count). The fourth-order valence-electron chi connectivity index (χ4n) is 2.01. The molecule has 0 spiro atoms. The van der Waals surface area contributed by atoms with Crippen LogP contribution in [0.2, 0.25) is 0 Å². The molecule has 0 aliphatic heterocycles. The summed E-state index contributed by atoms with van der Waals surface area (Å²) >= 11 is 4.77. The molecule has 1 aromatic heterocycles. The van der Waals surface area contributed by atoms with Crippen molar-refractivity contribution in [3.8, 4) is 0 Å². The van der Waals surface area contributed by atoms with Crippen molar-refractivity contribution in [2.45, 2.75) is 20.0 Å². The highest BCUT2D eigenvalue weighted by atomic mass is 32.1. The van der Waals surface area contributed by atoms with Crippen LogP contribution in [0.25, 0.3) is 0 Å². The number of benzene rings is 1. The second kappa shape index (κ2) is 6.01. The van der Waals surface area contributed by atoms with Crippen LogP contribution in [0, 0.1) is 5.82 Å². The first kappa shape index (κ1) is 15.1. The van der Waals surface area contributed by atoms with Crippen molar-refractivity contribution in [2.75, 3.05) is 0 Å². The van der Waals surface area contributed by atoms with Gasteiger partial charge in [0.25, 0.3) is 5.56 Å². The summed E-state index contributed by atoms with van der Waals surface area (Å²) in [6.45, 7) is 2.04. The summed E-state index contributed by atoms with van der Waals surface area (Å²) < 4.78 is 16.6. The zero-order valence-electron chi connectivity index (χ0n) is 11.4. The molecule has 1 aromatic carbocycles. The van der Waals surface area contributed by atoms with Crippen LogP contribution in [-0.2, 0) is 13.1 Å². The fourth-order valence-corrected chi connectivity index (χ4v) is 2.16. The van der Waals surface area contributed by atoms with Crippen molar-refractivity contribution >= 4 is 17.2 Å². The van der Waals surface area contributed by atoms with Crippen molar-refractivity contribution in [2.24, 2.45) is 5.73 Å². The molecular weight excluding hydrogens is 293 g/mol. The van der Waals surface area contributed by atoms with Crippen LogP contribution >= 0.6 is 12.2 Å². The van der Waals surface area contributed by atoms with Gasteiger partial charge in [-0.15, -0.1) is 0 Å². The van der Waals surface area contributed by atoms with Gasteiger partial charge in [-0.25, -0.2) is 9.18 Å². The Bertz CT molecular complexity index is 811. The monoisotopic (exact) mass is 307 g/mol. The van der Waals surface area contributed by atoms with Crippen molar-refractivity contribution in [3.05, 3.63) is 68.2 Å². The largest absolute Gasteiger partial charge is 0.389 e. The van der Waals surface area contributed by atoms with E-state index >= 15 is 0 Å². The molecule has 0 bridgehead atoms. The second-order valence-electron chi connectivity index (χ2n) is 4.45. The van der Waals surface area contributed by atoms with E-state index in [1.807, 2.05) is 0 Å². The number of nitrogens with two attached hydrogens (primary N) is 1. The molecule has 21 heavy (non-hydrogen) atoms. The summed E-state index contributed by atoms with van der Waals surface area (Å²) in [7, 11) is 0. The van der Waals surface area contributed by atoms with E-state index in [9.17, 15) is 14.0 Å². The van der Waals surface area contributed by atoms with Crippen molar-refractivity contribution in [1.82, 2.24) is 9.13 Å². The molecule has 2 aromatic rings. The number of hydrogen-bond donors (Lipinski definition) is 1. The van der Waals surface area contributed by atoms with E-state index < -0.39 is 17.1 Å². The Kier molecular flexibility index (Phi) is 4.32. The fraction of sp³-hybridized carbons (Fsp3) is 0.214. The number of hydrogen-bond acceptors (Lipinski definition) is 3. The maximum Gasteiger partial charge on any atom is 0.331 e. The minimum atomic E-state index is -0.608. The third kappa shape index (κ3) is 2.92. The van der Waals surface area contributed by atoms with Gasteiger partial charge in [-0.2, -0.15) is 0 Å². The average molecular weight is 307 g/mol. The summed E-state index contributed by atoms with van der Waals surface area (Å²) in [5.74, 6) is -0.608. The second-order valence-corrected chi connectivity index (χ2v) is 4.89. The number of nitrogens with zero attached hydrogens (tertiary/aromatic N) is 2. The van der Waals surface area contributed by atoms with Crippen LogP contribution in [0.5, 0.6) is 0 Å². The number of aryl methyl sites for hydroxylation is 1. The molecule has 0 atom stereocenters. The number of rotatable bonds is 4. The summed E-state index contributed by atoms with van der Waals surface area (Å²) in [6.07, 6.45) is 1.42. The molecule has 0 unspecified atom stereocenters. The van der Waals surface area contributed by atoms with Crippen LogP contribution in [0.4, 0.5) is 4.39 Å². The van der Waals surface area contributed by atoms with Crippen molar-refractivity contribution < 1.29 is 4.39 Å². The maximum atomic E-state index is 14.3. The van der Waals surface area contributed by atoms with Crippen LogP contribution in [0.15, 0.2) is 40.1 Å². The highest BCUT2D eigenvalue weighted by molar-refractivity contribution is 7.80. The molecule has 7 heteroatoms. The summed E-state index contributed by atoms with van der Waals surface area (Å²) in [4.78, 5) is 23.9. The van der Waals surface area contributed by atoms with Gasteiger partial charge in [0.05, 0.1) is 6.54 Å². The SMILES string of the molecule is CCn1ccc(=O)n(Cc2cccc(C(N)=S)c2F)c1=O. The molecule has 0 amide bonds. The van der Waals surface area contributed by atoms with E-state index in [-0.39, 0.29) is 22.7 Å². The van der Waals surface area contributed by atoms with E-state index in [2.05, 4.69) is 0 Å². The highest BCUT2D eigenvalue weighted by Crippen LogP contribution is 2.13. The first-order chi connectivity index (χ1) is 9.95. The van der Waals surface area contributed by atoms with Crippen LogP contribution < -0.4 is 17.0 Å². The third-order valence-corrected chi connectivity index (χ3v) is 3.37. The molecule has 0 aliphatic rings. The number of aromatic nitrogens is 2. The van der Waals surface area contributed by atoms with Gasteiger partial charge >= 0.3 is 5.69 Å². The van der Waals surface area contributed by atoms with Gasteiger partial charge in [0.2, 0.25) is 0 Å². The van der Waals surface area contributed by atoms with Gasteiger partial charge in [-0.3, -0.25) is 9.36 Å². The minimum Gasteiger partial charge on any atom is -0.389 e. The Labute approximate surface area is 125 Å². The summed E-state index contributed by atoms with van der Waals surface area (Å²) in [5, 5.41) is 0. The van der Waals surface area contributed by atoms with E-state index in [4.69, 9.17) is 18.0 Å². The Morgan fingerprint density at radius 3 is 2.67 bits per heavy atom. The molecule has 5 nitrogen and oxygen atoms in total. The first-order valence-electron chi connectivity index (χ1n) is 6.33. The molecule has 0 radical (unpaired) electrons. The molecular formula is C14H14FN3O2S. The molecule has 2 N–H and O–H groups in total. The van der Waals surface area contributed by atoms with Crippen LogP contribution in [0.3, 0.4) is 0 Å². The average Bonchev–Trinajstić information content (AvgIpc) is 2.45. The lowest BCUT2D eigenvalue weighted by Gasteiger charge is -2.10. The molecule has 0 saturated heterocycles. The van der Waals surface area contributed by atoms with Crippen LogP contribution in [0.1, 0.15) is 18.1 Å². The Hall–Kier alpha value is -2.28. The first-order valence-corrected chi connectivity index (χ1v) is 6.74. The van der Waals surface area contributed by atoms with Gasteiger partial charge < -0.3 is 10.3 Å². The van der Waals surface area contributed by atoms with Gasteiger partial charge in [0.15, 0.2) is 0 Å². The predicted molar refractivity (Wildman–Crippen MR) is 82.0 cm³/mol. The highest BCUT2D eigenvalue weighted by Gasteiger charge is 2.12. The maximum absolute atomic E-state index is 14.3. The lowest BCUT2D eigenvalue weighted by Crippen LogP contribution is -2.39. The molecule has 0 fully saturated rings. The quantitative estimate of drug-likeness (QED) is 0.850. The van der Waals surface area contributed by atoms with Gasteiger partial charge in [0.1, 0.15) is 10.8 Å². The number of halogens is 1. The zero-order valence-corrected chi connectivity index (χ0v) is 12.2. The summed E-state index contributed by atoms with van der Waals surface area (Å²) in [6, 6.07) is 5.81. The minimum absolute atomic E-state index is 0.0688. The predicted octanol–water partition coefficient (Wildman–Crippen LogP) is 0.852. The van der Waals surface area contributed by atoms with E-state index in [1.165, 1.54) is 29.0 Å². The van der Waals surface area contributed by atoms with E-state index in [1.54, 1.807) is 13.0 Å². The lowest BCUT2D eigenvalue weighted by molar-refractivity contribution is 0.565. The van der Waals surface area contributed by atoms with Gasteiger partial charge in [-0.1, -0.05) is 24.4 Å². The topological polar surface area (TPSA) is 70.0 Å². The molecule has 0 aliphatic carbocycles. The zero-order chi connectivity index (χ0) is 15.6. The smallest absolute Gasteiger partial charge is 0.331 e. The molecule has 110 valence electrons. The van der Waals surface area contributed by atoms with Gasteiger partial charge in [-0.05, 0) is 13.0 Å².